The Hall–Kier alpha value is -1.95. The molecule has 1 aromatic carbocycles. The standard InChI is InChI=1S/C17H12Cl2N2O2S/c18-10-7-11(19)16-9(5-14(17(22)23)21-13(16)8-10)6-15(24)12-3-1-2-4-20-12/h1-4,6-8,14,21H,5H2,(H,22,23)/b9-6+. The maximum Gasteiger partial charge on any atom is 0.326 e. The van der Waals surface area contributed by atoms with Crippen molar-refractivity contribution in [2.45, 2.75) is 12.5 Å². The van der Waals surface area contributed by atoms with E-state index in [0.717, 1.165) is 11.1 Å². The number of hydrogen-bond donors (Lipinski definition) is 2. The first-order valence-corrected chi connectivity index (χ1v) is 8.27. The third-order valence-electron chi connectivity index (χ3n) is 3.65. The van der Waals surface area contributed by atoms with Crippen LogP contribution in [0.5, 0.6) is 0 Å². The lowest BCUT2D eigenvalue weighted by molar-refractivity contribution is -0.137. The molecular formula is C17H12Cl2N2O2S. The van der Waals surface area contributed by atoms with Crippen LogP contribution in [0.4, 0.5) is 5.69 Å². The first-order valence-electron chi connectivity index (χ1n) is 7.10. The van der Waals surface area contributed by atoms with Crippen molar-refractivity contribution in [1.29, 1.82) is 0 Å². The van der Waals surface area contributed by atoms with Crippen LogP contribution in [0.2, 0.25) is 10.0 Å². The van der Waals surface area contributed by atoms with Crippen molar-refractivity contribution in [3.05, 3.63) is 63.9 Å². The van der Waals surface area contributed by atoms with Gasteiger partial charge in [0.1, 0.15) is 6.04 Å². The predicted molar refractivity (Wildman–Crippen MR) is 100 cm³/mol. The number of fused-ring (bicyclic) bond motifs is 1. The zero-order valence-electron chi connectivity index (χ0n) is 12.3. The summed E-state index contributed by atoms with van der Waals surface area (Å²) in [5, 5.41) is 13.2. The van der Waals surface area contributed by atoms with E-state index in [-0.39, 0.29) is 6.42 Å². The molecule has 24 heavy (non-hydrogen) atoms. The second kappa shape index (κ2) is 6.89. The highest BCUT2D eigenvalue weighted by atomic mass is 35.5. The summed E-state index contributed by atoms with van der Waals surface area (Å²) < 4.78 is 0. The summed E-state index contributed by atoms with van der Waals surface area (Å²) in [4.78, 5) is 16.2. The number of aromatic nitrogens is 1. The van der Waals surface area contributed by atoms with Crippen molar-refractivity contribution < 1.29 is 9.90 Å². The number of hydrogen-bond acceptors (Lipinski definition) is 4. The van der Waals surface area contributed by atoms with Crippen molar-refractivity contribution in [3.63, 3.8) is 0 Å². The van der Waals surface area contributed by atoms with Gasteiger partial charge in [0, 0.05) is 28.9 Å². The lowest BCUT2D eigenvalue weighted by Crippen LogP contribution is -2.33. The maximum absolute atomic E-state index is 11.4. The van der Waals surface area contributed by atoms with Crippen molar-refractivity contribution in [2.24, 2.45) is 0 Å². The molecule has 1 aliphatic heterocycles. The normalized spacial score (nSPS) is 17.9. The van der Waals surface area contributed by atoms with Crippen LogP contribution in [-0.4, -0.2) is 27.0 Å². The third-order valence-corrected chi connectivity index (χ3v) is 4.49. The van der Waals surface area contributed by atoms with E-state index in [9.17, 15) is 9.90 Å². The number of carboxylic acids is 1. The van der Waals surface area contributed by atoms with E-state index in [4.69, 9.17) is 35.4 Å². The summed E-state index contributed by atoms with van der Waals surface area (Å²) in [5.74, 6) is -0.952. The van der Waals surface area contributed by atoms with Crippen LogP contribution in [0.25, 0.3) is 5.57 Å². The molecule has 122 valence electrons. The number of pyridine rings is 1. The number of benzene rings is 1. The summed E-state index contributed by atoms with van der Waals surface area (Å²) in [7, 11) is 0. The second-order valence-electron chi connectivity index (χ2n) is 5.30. The van der Waals surface area contributed by atoms with Crippen LogP contribution in [0.3, 0.4) is 0 Å². The van der Waals surface area contributed by atoms with Crippen molar-refractivity contribution >= 4 is 57.5 Å². The fraction of sp³-hybridized carbons (Fsp3) is 0.118. The molecule has 0 aliphatic carbocycles. The number of thiocarbonyl (C=S) groups is 1. The molecule has 4 nitrogen and oxygen atoms in total. The van der Waals surface area contributed by atoms with Gasteiger partial charge in [0.05, 0.1) is 15.6 Å². The SMILES string of the molecule is O=C(O)C1C/C(=C\C(=S)c2ccccn2)c2c(Cl)cc(Cl)cc2N1. The predicted octanol–water partition coefficient (Wildman–Crippen LogP) is 4.46. The Kier molecular flexibility index (Phi) is 4.85. The van der Waals surface area contributed by atoms with Gasteiger partial charge in [0.2, 0.25) is 0 Å². The zero-order valence-corrected chi connectivity index (χ0v) is 14.6. The first kappa shape index (κ1) is 16.9. The van der Waals surface area contributed by atoms with Crippen LogP contribution < -0.4 is 5.32 Å². The monoisotopic (exact) mass is 378 g/mol. The van der Waals surface area contributed by atoms with Gasteiger partial charge in [-0.1, -0.05) is 41.5 Å². The van der Waals surface area contributed by atoms with E-state index < -0.39 is 12.0 Å². The number of rotatable bonds is 3. The van der Waals surface area contributed by atoms with Crippen LogP contribution >= 0.6 is 35.4 Å². The van der Waals surface area contributed by atoms with Crippen LogP contribution in [0, 0.1) is 0 Å². The summed E-state index contributed by atoms with van der Waals surface area (Å²) in [5.41, 5.74) is 2.70. The molecule has 0 amide bonds. The second-order valence-corrected chi connectivity index (χ2v) is 6.58. The number of carboxylic acid groups (broad SMARTS) is 1. The Morgan fingerprint density at radius 2 is 2.17 bits per heavy atom. The van der Waals surface area contributed by atoms with Crippen LogP contribution in [0.1, 0.15) is 17.7 Å². The minimum Gasteiger partial charge on any atom is -0.480 e. The van der Waals surface area contributed by atoms with E-state index in [2.05, 4.69) is 10.3 Å². The van der Waals surface area contributed by atoms with Gasteiger partial charge in [-0.25, -0.2) is 4.79 Å². The number of nitrogens with one attached hydrogen (secondary N) is 1. The maximum atomic E-state index is 11.4. The minimum absolute atomic E-state index is 0.261. The largest absolute Gasteiger partial charge is 0.480 e. The van der Waals surface area contributed by atoms with E-state index in [1.54, 1.807) is 36.5 Å². The van der Waals surface area contributed by atoms with E-state index in [1.807, 2.05) is 6.07 Å². The molecule has 0 saturated carbocycles. The number of nitrogens with zero attached hydrogens (tertiary/aromatic N) is 1. The molecule has 7 heteroatoms. The summed E-state index contributed by atoms with van der Waals surface area (Å²) >= 11 is 17.8. The quantitative estimate of drug-likeness (QED) is 0.469. The average molecular weight is 379 g/mol. The smallest absolute Gasteiger partial charge is 0.326 e. The Labute approximate surface area is 154 Å². The molecule has 0 fully saturated rings. The Morgan fingerprint density at radius 1 is 1.38 bits per heavy atom. The summed E-state index contributed by atoms with van der Waals surface area (Å²) in [6.45, 7) is 0. The van der Waals surface area contributed by atoms with Crippen LogP contribution in [0.15, 0.2) is 42.6 Å². The molecule has 2 heterocycles. The molecule has 1 unspecified atom stereocenters. The Balaban J connectivity index is 2.08. The highest BCUT2D eigenvalue weighted by molar-refractivity contribution is 7.81. The van der Waals surface area contributed by atoms with Crippen LogP contribution in [-0.2, 0) is 4.79 Å². The zero-order chi connectivity index (χ0) is 17.3. The molecule has 2 N–H and O–H groups in total. The van der Waals surface area contributed by atoms with Gasteiger partial charge in [-0.15, -0.1) is 0 Å². The Morgan fingerprint density at radius 3 is 2.83 bits per heavy atom. The molecule has 1 aromatic heterocycles. The molecule has 0 radical (unpaired) electrons. The van der Waals surface area contributed by atoms with Gasteiger partial charge < -0.3 is 10.4 Å². The number of allylic oxidation sites excluding steroid dienone is 1. The topological polar surface area (TPSA) is 62.2 Å². The number of carbonyl (C=O) groups is 1. The minimum atomic E-state index is -0.952. The highest BCUT2D eigenvalue weighted by Gasteiger charge is 2.29. The molecule has 0 spiro atoms. The number of aliphatic carboxylic acids is 1. The first-order chi connectivity index (χ1) is 11.5. The van der Waals surface area contributed by atoms with Gasteiger partial charge in [0.25, 0.3) is 0 Å². The molecular weight excluding hydrogens is 367 g/mol. The third kappa shape index (κ3) is 3.43. The molecule has 0 bridgehead atoms. The van der Waals surface area contributed by atoms with Gasteiger partial charge in [-0.2, -0.15) is 0 Å². The van der Waals surface area contributed by atoms with Crippen molar-refractivity contribution in [3.8, 4) is 0 Å². The lowest BCUT2D eigenvalue weighted by Gasteiger charge is -2.27. The average Bonchev–Trinajstić information content (AvgIpc) is 2.54. The van der Waals surface area contributed by atoms with Crippen molar-refractivity contribution in [1.82, 2.24) is 4.98 Å². The molecule has 1 atom stereocenters. The molecule has 1 aliphatic rings. The van der Waals surface area contributed by atoms with E-state index in [0.29, 0.717) is 26.3 Å². The van der Waals surface area contributed by atoms with Gasteiger partial charge in [-0.05, 0) is 35.9 Å². The fourth-order valence-corrected chi connectivity index (χ4v) is 3.47. The van der Waals surface area contributed by atoms with Crippen molar-refractivity contribution in [2.75, 3.05) is 5.32 Å². The number of halogens is 2. The van der Waals surface area contributed by atoms with E-state index in [1.165, 1.54) is 0 Å². The van der Waals surface area contributed by atoms with Gasteiger partial charge >= 0.3 is 5.97 Å². The summed E-state index contributed by atoms with van der Waals surface area (Å²) in [6.07, 6.45) is 3.67. The molecule has 2 aromatic rings. The van der Waals surface area contributed by atoms with Gasteiger partial charge in [0.15, 0.2) is 0 Å². The summed E-state index contributed by atoms with van der Waals surface area (Å²) in [6, 6.07) is 7.97. The van der Waals surface area contributed by atoms with E-state index >= 15 is 0 Å². The Bertz CT molecular complexity index is 853. The number of anilines is 1. The fourth-order valence-electron chi connectivity index (χ4n) is 2.60. The highest BCUT2D eigenvalue weighted by Crippen LogP contribution is 2.40. The van der Waals surface area contributed by atoms with Gasteiger partial charge in [-0.3, -0.25) is 4.98 Å². The lowest BCUT2D eigenvalue weighted by atomic mass is 9.91. The molecule has 3 rings (SSSR count). The molecule has 0 saturated heterocycles.